The molecule has 1 saturated heterocycles. The van der Waals surface area contributed by atoms with E-state index in [4.69, 9.17) is 5.73 Å². The van der Waals surface area contributed by atoms with Gasteiger partial charge in [-0.3, -0.25) is 0 Å². The lowest BCUT2D eigenvalue weighted by atomic mass is 9.74. The van der Waals surface area contributed by atoms with Crippen molar-refractivity contribution in [2.75, 3.05) is 6.54 Å². The highest BCUT2D eigenvalue weighted by Crippen LogP contribution is 2.32. The summed E-state index contributed by atoms with van der Waals surface area (Å²) in [5, 5.41) is 13.4. The zero-order valence-electron chi connectivity index (χ0n) is 9.65. The SMILES string of the molecule is CC1CCC(C2NCCCC2O)CC1N. The van der Waals surface area contributed by atoms with E-state index in [0.29, 0.717) is 23.9 Å². The Kier molecular flexibility index (Phi) is 3.65. The molecule has 2 aliphatic rings. The van der Waals surface area contributed by atoms with E-state index < -0.39 is 0 Å². The molecule has 0 radical (unpaired) electrons. The average molecular weight is 212 g/mol. The fourth-order valence-corrected chi connectivity index (χ4v) is 3.09. The van der Waals surface area contributed by atoms with Gasteiger partial charge in [-0.25, -0.2) is 0 Å². The molecule has 2 rings (SSSR count). The van der Waals surface area contributed by atoms with Crippen LogP contribution in [0.15, 0.2) is 0 Å². The van der Waals surface area contributed by atoms with Crippen molar-refractivity contribution in [2.45, 2.75) is 57.2 Å². The van der Waals surface area contributed by atoms with Gasteiger partial charge in [0.25, 0.3) is 0 Å². The van der Waals surface area contributed by atoms with Crippen LogP contribution in [0.5, 0.6) is 0 Å². The molecular formula is C12H24N2O. The van der Waals surface area contributed by atoms with Crippen LogP contribution in [0, 0.1) is 11.8 Å². The van der Waals surface area contributed by atoms with Gasteiger partial charge in [0, 0.05) is 12.1 Å². The van der Waals surface area contributed by atoms with Gasteiger partial charge in [0.1, 0.15) is 0 Å². The molecule has 5 atom stereocenters. The Morgan fingerprint density at radius 1 is 1.27 bits per heavy atom. The molecule has 2 fully saturated rings. The summed E-state index contributed by atoms with van der Waals surface area (Å²) >= 11 is 0. The van der Waals surface area contributed by atoms with Crippen LogP contribution in [0.2, 0.25) is 0 Å². The third kappa shape index (κ3) is 2.52. The predicted molar refractivity (Wildman–Crippen MR) is 61.5 cm³/mol. The first-order valence-corrected chi connectivity index (χ1v) is 6.35. The Morgan fingerprint density at radius 3 is 2.73 bits per heavy atom. The first-order valence-electron chi connectivity index (χ1n) is 6.35. The van der Waals surface area contributed by atoms with Gasteiger partial charge in [0.2, 0.25) is 0 Å². The van der Waals surface area contributed by atoms with E-state index in [1.807, 2.05) is 0 Å². The van der Waals surface area contributed by atoms with Crippen LogP contribution in [-0.4, -0.2) is 29.8 Å². The Bertz CT molecular complexity index is 210. The van der Waals surface area contributed by atoms with Crippen LogP contribution in [0.1, 0.15) is 39.0 Å². The summed E-state index contributed by atoms with van der Waals surface area (Å²) in [7, 11) is 0. The molecule has 15 heavy (non-hydrogen) atoms. The van der Waals surface area contributed by atoms with Gasteiger partial charge in [-0.05, 0) is 50.5 Å². The lowest BCUT2D eigenvalue weighted by molar-refractivity contribution is 0.0493. The van der Waals surface area contributed by atoms with Gasteiger partial charge < -0.3 is 16.2 Å². The van der Waals surface area contributed by atoms with Gasteiger partial charge in [-0.2, -0.15) is 0 Å². The molecule has 3 heteroatoms. The molecule has 0 spiro atoms. The summed E-state index contributed by atoms with van der Waals surface area (Å²) < 4.78 is 0. The number of aliphatic hydroxyl groups is 1. The molecule has 3 nitrogen and oxygen atoms in total. The highest BCUT2D eigenvalue weighted by molar-refractivity contribution is 4.92. The molecule has 1 aliphatic heterocycles. The first kappa shape index (κ1) is 11.4. The quantitative estimate of drug-likeness (QED) is 0.604. The molecule has 0 amide bonds. The lowest BCUT2D eigenvalue weighted by Crippen LogP contribution is -2.52. The van der Waals surface area contributed by atoms with E-state index in [2.05, 4.69) is 12.2 Å². The number of nitrogens with one attached hydrogen (secondary N) is 1. The van der Waals surface area contributed by atoms with Crippen molar-refractivity contribution in [1.29, 1.82) is 0 Å². The Hall–Kier alpha value is -0.120. The van der Waals surface area contributed by atoms with E-state index in [1.54, 1.807) is 0 Å². The zero-order valence-corrected chi connectivity index (χ0v) is 9.65. The van der Waals surface area contributed by atoms with Gasteiger partial charge in [-0.15, -0.1) is 0 Å². The van der Waals surface area contributed by atoms with Crippen molar-refractivity contribution in [3.63, 3.8) is 0 Å². The molecule has 0 aromatic carbocycles. The number of rotatable bonds is 1. The van der Waals surface area contributed by atoms with Crippen LogP contribution in [0.4, 0.5) is 0 Å². The third-order valence-electron chi connectivity index (χ3n) is 4.28. The predicted octanol–water partition coefficient (Wildman–Crippen LogP) is 0.863. The standard InChI is InChI=1S/C12H24N2O/c1-8-4-5-9(7-10(8)13)12-11(15)3-2-6-14-12/h8-12,14-15H,2-7,13H2,1H3. The summed E-state index contributed by atoms with van der Waals surface area (Å²) in [5.74, 6) is 1.24. The second kappa shape index (κ2) is 4.81. The molecule has 88 valence electrons. The second-order valence-corrected chi connectivity index (χ2v) is 5.40. The zero-order chi connectivity index (χ0) is 10.8. The average Bonchev–Trinajstić information content (AvgIpc) is 2.23. The number of aliphatic hydroxyl groups excluding tert-OH is 1. The lowest BCUT2D eigenvalue weighted by Gasteiger charge is -2.40. The third-order valence-corrected chi connectivity index (χ3v) is 4.28. The minimum atomic E-state index is -0.149. The molecule has 4 N–H and O–H groups in total. The molecular weight excluding hydrogens is 188 g/mol. The highest BCUT2D eigenvalue weighted by Gasteiger charge is 2.34. The van der Waals surface area contributed by atoms with E-state index in [9.17, 15) is 5.11 Å². The normalized spacial score (nSPS) is 47.8. The molecule has 0 aromatic rings. The van der Waals surface area contributed by atoms with Crippen LogP contribution in [-0.2, 0) is 0 Å². The summed E-state index contributed by atoms with van der Waals surface area (Å²) in [6, 6.07) is 0.636. The van der Waals surface area contributed by atoms with Crippen LogP contribution in [0.3, 0.4) is 0 Å². The summed E-state index contributed by atoms with van der Waals surface area (Å²) in [6.07, 6.45) is 5.44. The second-order valence-electron chi connectivity index (χ2n) is 5.40. The van der Waals surface area contributed by atoms with Crippen molar-refractivity contribution in [2.24, 2.45) is 17.6 Å². The summed E-state index contributed by atoms with van der Waals surface area (Å²) in [5.41, 5.74) is 6.11. The minimum Gasteiger partial charge on any atom is -0.391 e. The van der Waals surface area contributed by atoms with Crippen molar-refractivity contribution in [1.82, 2.24) is 5.32 Å². The number of hydrogen-bond acceptors (Lipinski definition) is 3. The smallest absolute Gasteiger partial charge is 0.0696 e. The monoisotopic (exact) mass is 212 g/mol. The maximum Gasteiger partial charge on any atom is 0.0696 e. The van der Waals surface area contributed by atoms with Crippen molar-refractivity contribution in [3.05, 3.63) is 0 Å². The molecule has 1 heterocycles. The van der Waals surface area contributed by atoms with E-state index in [-0.39, 0.29) is 6.10 Å². The molecule has 1 saturated carbocycles. The number of piperidine rings is 1. The topological polar surface area (TPSA) is 58.3 Å². The molecule has 1 aliphatic carbocycles. The fraction of sp³-hybridized carbons (Fsp3) is 1.00. The summed E-state index contributed by atoms with van der Waals surface area (Å²) in [6.45, 7) is 3.30. The van der Waals surface area contributed by atoms with Gasteiger partial charge >= 0.3 is 0 Å². The molecule has 5 unspecified atom stereocenters. The largest absolute Gasteiger partial charge is 0.391 e. The Labute approximate surface area is 92.4 Å². The minimum absolute atomic E-state index is 0.149. The van der Waals surface area contributed by atoms with E-state index in [0.717, 1.165) is 25.8 Å². The van der Waals surface area contributed by atoms with Crippen molar-refractivity contribution in [3.8, 4) is 0 Å². The molecule has 0 bridgehead atoms. The van der Waals surface area contributed by atoms with Crippen LogP contribution in [0.25, 0.3) is 0 Å². The number of hydrogen-bond donors (Lipinski definition) is 3. The Morgan fingerprint density at radius 2 is 2.07 bits per heavy atom. The van der Waals surface area contributed by atoms with Crippen molar-refractivity contribution < 1.29 is 5.11 Å². The maximum atomic E-state index is 9.97. The number of nitrogens with two attached hydrogens (primary N) is 1. The van der Waals surface area contributed by atoms with E-state index >= 15 is 0 Å². The molecule has 0 aromatic heterocycles. The van der Waals surface area contributed by atoms with Gasteiger partial charge in [0.05, 0.1) is 6.10 Å². The van der Waals surface area contributed by atoms with E-state index in [1.165, 1.54) is 12.8 Å². The maximum absolute atomic E-state index is 9.97. The Balaban J connectivity index is 1.92. The van der Waals surface area contributed by atoms with Crippen molar-refractivity contribution >= 4 is 0 Å². The summed E-state index contributed by atoms with van der Waals surface area (Å²) in [4.78, 5) is 0. The highest BCUT2D eigenvalue weighted by atomic mass is 16.3. The fourth-order valence-electron chi connectivity index (χ4n) is 3.09. The van der Waals surface area contributed by atoms with Crippen LogP contribution >= 0.6 is 0 Å². The van der Waals surface area contributed by atoms with Gasteiger partial charge in [-0.1, -0.05) is 6.92 Å². The van der Waals surface area contributed by atoms with Crippen LogP contribution < -0.4 is 11.1 Å². The van der Waals surface area contributed by atoms with Gasteiger partial charge in [0.15, 0.2) is 0 Å². The first-order chi connectivity index (χ1) is 7.18.